The molecule has 0 saturated carbocycles. The summed E-state index contributed by atoms with van der Waals surface area (Å²) in [4.78, 5) is 23.8. The highest BCUT2D eigenvalue weighted by molar-refractivity contribution is 5.59. The maximum atomic E-state index is 12.6. The fourth-order valence-corrected chi connectivity index (χ4v) is 4.44. The number of aryl methyl sites for hydroxylation is 1. The van der Waals surface area contributed by atoms with Crippen molar-refractivity contribution < 1.29 is 0 Å². The van der Waals surface area contributed by atoms with E-state index in [4.69, 9.17) is 10.1 Å². The highest BCUT2D eigenvalue weighted by Crippen LogP contribution is 2.32. The van der Waals surface area contributed by atoms with Crippen molar-refractivity contribution in [2.24, 2.45) is 7.05 Å². The zero-order chi connectivity index (χ0) is 22.1. The Hall–Kier alpha value is -3.74. The molecule has 32 heavy (non-hydrogen) atoms. The van der Waals surface area contributed by atoms with Gasteiger partial charge in [-0.2, -0.15) is 5.10 Å². The highest BCUT2D eigenvalue weighted by Gasteiger charge is 2.26. The predicted octanol–water partition coefficient (Wildman–Crippen LogP) is 3.72. The van der Waals surface area contributed by atoms with Crippen LogP contribution in [0, 0.1) is 6.92 Å². The van der Waals surface area contributed by atoms with Gasteiger partial charge in [-0.05, 0) is 50.1 Å². The molecule has 1 aliphatic heterocycles. The molecule has 0 radical (unpaired) electrons. The topological polar surface area (TPSA) is 68.8 Å². The van der Waals surface area contributed by atoms with Crippen LogP contribution in [-0.2, 0) is 7.05 Å². The van der Waals surface area contributed by atoms with E-state index in [9.17, 15) is 4.79 Å². The monoisotopic (exact) mass is 426 g/mol. The van der Waals surface area contributed by atoms with Gasteiger partial charge in [-0.25, -0.2) is 9.67 Å². The summed E-state index contributed by atoms with van der Waals surface area (Å²) < 4.78 is 3.72. The quantitative estimate of drug-likeness (QED) is 0.498. The van der Waals surface area contributed by atoms with Gasteiger partial charge in [0.2, 0.25) is 5.95 Å². The maximum Gasteiger partial charge on any atom is 0.255 e. The van der Waals surface area contributed by atoms with E-state index in [0.29, 0.717) is 11.6 Å². The molecule has 0 N–H and O–H groups in total. The van der Waals surface area contributed by atoms with Gasteiger partial charge in [0.15, 0.2) is 0 Å². The van der Waals surface area contributed by atoms with Crippen LogP contribution < -0.4 is 10.5 Å². The summed E-state index contributed by atoms with van der Waals surface area (Å²) in [5.41, 5.74) is 4.90. The molecule has 162 valence electrons. The van der Waals surface area contributed by atoms with Crippen LogP contribution in [0.3, 0.4) is 0 Å². The SMILES string of the molecule is Cc1cc(C2CCN(c3nc(-c4ccncc4)cc(=O)n3C)CC2)n(-c2ccccc2)n1. The van der Waals surface area contributed by atoms with Gasteiger partial charge < -0.3 is 4.90 Å². The van der Waals surface area contributed by atoms with E-state index in [1.54, 1.807) is 30.1 Å². The van der Waals surface area contributed by atoms with Gasteiger partial charge in [-0.15, -0.1) is 0 Å². The van der Waals surface area contributed by atoms with Crippen molar-refractivity contribution >= 4 is 5.95 Å². The molecule has 0 spiro atoms. The predicted molar refractivity (Wildman–Crippen MR) is 125 cm³/mol. The number of pyridine rings is 1. The minimum absolute atomic E-state index is 0.0540. The number of benzene rings is 1. The standard InChI is InChI=1S/C25H26N6O/c1-18-16-23(31(28-18)21-6-4-3-5-7-21)20-10-14-30(15-11-20)25-27-22(17-24(32)29(25)2)19-8-12-26-13-9-19/h3-9,12-13,16-17,20H,10-11,14-15H2,1-2H3. The van der Waals surface area contributed by atoms with E-state index in [-0.39, 0.29) is 5.56 Å². The van der Waals surface area contributed by atoms with Crippen LogP contribution in [0.25, 0.3) is 16.9 Å². The van der Waals surface area contributed by atoms with Crippen molar-refractivity contribution in [3.05, 3.63) is 88.7 Å². The second-order valence-corrected chi connectivity index (χ2v) is 8.29. The summed E-state index contributed by atoms with van der Waals surface area (Å²) in [5, 5.41) is 4.74. The van der Waals surface area contributed by atoms with Gasteiger partial charge in [0, 0.05) is 55.8 Å². The second kappa shape index (κ2) is 8.42. The van der Waals surface area contributed by atoms with Gasteiger partial charge in [-0.1, -0.05) is 18.2 Å². The number of aromatic nitrogens is 5. The number of nitrogens with zero attached hydrogens (tertiary/aromatic N) is 6. The van der Waals surface area contributed by atoms with Crippen molar-refractivity contribution in [2.75, 3.05) is 18.0 Å². The minimum atomic E-state index is -0.0540. The summed E-state index contributed by atoms with van der Waals surface area (Å²) in [6.45, 7) is 3.72. The molecule has 0 aliphatic carbocycles. The molecule has 0 atom stereocenters. The Kier molecular flexibility index (Phi) is 5.31. The Bertz CT molecular complexity index is 1270. The van der Waals surface area contributed by atoms with Gasteiger partial charge >= 0.3 is 0 Å². The first-order valence-electron chi connectivity index (χ1n) is 11.0. The first-order chi connectivity index (χ1) is 15.6. The summed E-state index contributed by atoms with van der Waals surface area (Å²) >= 11 is 0. The molecular formula is C25H26N6O. The number of para-hydroxylation sites is 1. The molecular weight excluding hydrogens is 400 g/mol. The minimum Gasteiger partial charge on any atom is -0.342 e. The zero-order valence-electron chi connectivity index (χ0n) is 18.3. The van der Waals surface area contributed by atoms with Crippen molar-refractivity contribution in [2.45, 2.75) is 25.7 Å². The van der Waals surface area contributed by atoms with Gasteiger partial charge in [-0.3, -0.25) is 14.3 Å². The van der Waals surface area contributed by atoms with Crippen LogP contribution >= 0.6 is 0 Å². The van der Waals surface area contributed by atoms with Crippen molar-refractivity contribution in [3.63, 3.8) is 0 Å². The number of hydrogen-bond acceptors (Lipinski definition) is 5. The molecule has 0 unspecified atom stereocenters. The lowest BCUT2D eigenvalue weighted by Crippen LogP contribution is -2.38. The van der Waals surface area contributed by atoms with Crippen LogP contribution in [0.2, 0.25) is 0 Å². The molecule has 1 saturated heterocycles. The van der Waals surface area contributed by atoms with E-state index in [2.05, 4.69) is 32.8 Å². The van der Waals surface area contributed by atoms with Crippen LogP contribution in [0.5, 0.6) is 0 Å². The van der Waals surface area contributed by atoms with E-state index in [1.165, 1.54) is 5.69 Å². The van der Waals surface area contributed by atoms with Crippen LogP contribution in [0.1, 0.15) is 30.1 Å². The number of rotatable bonds is 4. The first kappa shape index (κ1) is 20.2. The van der Waals surface area contributed by atoms with Crippen molar-refractivity contribution in [3.8, 4) is 16.9 Å². The number of anilines is 1. The average Bonchev–Trinajstić information content (AvgIpc) is 3.23. The molecule has 1 fully saturated rings. The number of hydrogen-bond donors (Lipinski definition) is 0. The second-order valence-electron chi connectivity index (χ2n) is 8.29. The molecule has 0 bridgehead atoms. The molecule has 4 aromatic rings. The molecule has 7 nitrogen and oxygen atoms in total. The third kappa shape index (κ3) is 3.82. The van der Waals surface area contributed by atoms with Gasteiger partial charge in [0.25, 0.3) is 5.56 Å². The van der Waals surface area contributed by atoms with E-state index in [0.717, 1.165) is 48.8 Å². The smallest absolute Gasteiger partial charge is 0.255 e. The lowest BCUT2D eigenvalue weighted by atomic mass is 9.93. The largest absolute Gasteiger partial charge is 0.342 e. The molecule has 1 aromatic carbocycles. The third-order valence-electron chi connectivity index (χ3n) is 6.14. The Morgan fingerprint density at radius 2 is 1.69 bits per heavy atom. The van der Waals surface area contributed by atoms with Crippen LogP contribution in [0.4, 0.5) is 5.95 Å². The summed E-state index contributed by atoms with van der Waals surface area (Å²) in [6, 6.07) is 17.8. The summed E-state index contributed by atoms with van der Waals surface area (Å²) in [7, 11) is 1.79. The van der Waals surface area contributed by atoms with E-state index in [1.807, 2.05) is 37.3 Å². The Labute approximate surface area is 187 Å². The zero-order valence-corrected chi connectivity index (χ0v) is 18.3. The average molecular weight is 427 g/mol. The molecule has 5 rings (SSSR count). The van der Waals surface area contributed by atoms with Crippen LogP contribution in [-0.4, -0.2) is 37.4 Å². The van der Waals surface area contributed by atoms with Crippen LogP contribution in [0.15, 0.2) is 71.8 Å². The van der Waals surface area contributed by atoms with Gasteiger partial charge in [0.05, 0.1) is 17.1 Å². The molecule has 1 aliphatic rings. The summed E-state index contributed by atoms with van der Waals surface area (Å²) in [5.74, 6) is 1.13. The molecule has 3 aromatic heterocycles. The molecule has 0 amide bonds. The fraction of sp³-hybridized carbons (Fsp3) is 0.280. The highest BCUT2D eigenvalue weighted by atomic mass is 16.1. The Morgan fingerprint density at radius 1 is 0.969 bits per heavy atom. The van der Waals surface area contributed by atoms with Gasteiger partial charge in [0.1, 0.15) is 0 Å². The maximum absolute atomic E-state index is 12.6. The van der Waals surface area contributed by atoms with E-state index < -0.39 is 0 Å². The number of piperidine rings is 1. The van der Waals surface area contributed by atoms with Crippen molar-refractivity contribution in [1.29, 1.82) is 0 Å². The van der Waals surface area contributed by atoms with E-state index >= 15 is 0 Å². The third-order valence-corrected chi connectivity index (χ3v) is 6.14. The molecule has 4 heterocycles. The fourth-order valence-electron chi connectivity index (χ4n) is 4.44. The lowest BCUT2D eigenvalue weighted by Gasteiger charge is -2.33. The summed E-state index contributed by atoms with van der Waals surface area (Å²) in [6.07, 6.45) is 5.40. The Morgan fingerprint density at radius 3 is 2.41 bits per heavy atom. The first-order valence-corrected chi connectivity index (χ1v) is 11.0. The Balaban J connectivity index is 1.40. The van der Waals surface area contributed by atoms with Crippen molar-refractivity contribution in [1.82, 2.24) is 24.3 Å². The normalized spacial score (nSPS) is 14.6. The molecule has 7 heteroatoms. The lowest BCUT2D eigenvalue weighted by molar-refractivity contribution is 0.476.